The van der Waals surface area contributed by atoms with Crippen LogP contribution >= 0.6 is 11.6 Å². The van der Waals surface area contributed by atoms with E-state index in [4.69, 9.17) is 17.3 Å². The van der Waals surface area contributed by atoms with Crippen LogP contribution in [0.4, 0.5) is 5.82 Å². The lowest BCUT2D eigenvalue weighted by Gasteiger charge is -2.05. The molecule has 5 heteroatoms. The number of halogens is 1. The number of nitrogen functional groups attached to an aromatic ring is 1. The fraction of sp³-hybridized carbons (Fsp3) is 0. The third kappa shape index (κ3) is 1.76. The van der Waals surface area contributed by atoms with Crippen LogP contribution in [-0.2, 0) is 0 Å². The van der Waals surface area contributed by atoms with Gasteiger partial charge in [-0.1, -0.05) is 23.7 Å². The molecular formula is C13H9ClN4. The van der Waals surface area contributed by atoms with E-state index in [1.54, 1.807) is 6.20 Å². The summed E-state index contributed by atoms with van der Waals surface area (Å²) in [4.78, 5) is 12.3. The molecule has 0 atom stereocenters. The molecule has 2 heterocycles. The number of anilines is 1. The fourth-order valence-electron chi connectivity index (χ4n) is 1.81. The monoisotopic (exact) mass is 256 g/mol. The molecule has 88 valence electrons. The largest absolute Gasteiger partial charge is 0.382 e. The normalized spacial score (nSPS) is 10.7. The molecule has 18 heavy (non-hydrogen) atoms. The Morgan fingerprint density at radius 1 is 1.06 bits per heavy atom. The number of pyridine rings is 1. The van der Waals surface area contributed by atoms with Crippen molar-refractivity contribution in [3.05, 3.63) is 47.9 Å². The highest BCUT2D eigenvalue weighted by Gasteiger charge is 2.09. The third-order valence-electron chi connectivity index (χ3n) is 2.69. The highest BCUT2D eigenvalue weighted by atomic mass is 35.5. The van der Waals surface area contributed by atoms with Crippen molar-refractivity contribution in [2.75, 3.05) is 5.73 Å². The van der Waals surface area contributed by atoms with Gasteiger partial charge in [-0.25, -0.2) is 9.97 Å². The maximum Gasteiger partial charge on any atom is 0.146 e. The minimum absolute atomic E-state index is 0.285. The second-order valence-corrected chi connectivity index (χ2v) is 4.21. The molecule has 3 aromatic rings. The number of aromatic nitrogens is 3. The lowest BCUT2D eigenvalue weighted by molar-refractivity contribution is 1.18. The molecule has 0 saturated heterocycles. The van der Waals surface area contributed by atoms with E-state index in [2.05, 4.69) is 15.0 Å². The van der Waals surface area contributed by atoms with Gasteiger partial charge in [-0.15, -0.1) is 0 Å². The Balaban J connectivity index is 2.22. The van der Waals surface area contributed by atoms with Gasteiger partial charge in [0.15, 0.2) is 0 Å². The lowest BCUT2D eigenvalue weighted by atomic mass is 10.1. The summed E-state index contributed by atoms with van der Waals surface area (Å²) in [6, 6.07) is 9.71. The molecule has 0 fully saturated rings. The zero-order valence-electron chi connectivity index (χ0n) is 9.34. The zero-order chi connectivity index (χ0) is 12.5. The van der Waals surface area contributed by atoms with Crippen LogP contribution in [0.5, 0.6) is 0 Å². The number of benzene rings is 1. The number of nitrogens with two attached hydrogens (primary N) is 1. The molecule has 0 saturated carbocycles. The van der Waals surface area contributed by atoms with Crippen LogP contribution in [0.2, 0.25) is 5.02 Å². The van der Waals surface area contributed by atoms with Crippen molar-refractivity contribution in [3.63, 3.8) is 0 Å². The first-order valence-electron chi connectivity index (χ1n) is 5.37. The molecule has 0 spiro atoms. The van der Waals surface area contributed by atoms with Crippen molar-refractivity contribution < 1.29 is 0 Å². The van der Waals surface area contributed by atoms with E-state index in [1.165, 1.54) is 6.33 Å². The van der Waals surface area contributed by atoms with Crippen molar-refractivity contribution >= 4 is 28.3 Å². The van der Waals surface area contributed by atoms with Gasteiger partial charge in [-0.05, 0) is 18.2 Å². The smallest absolute Gasteiger partial charge is 0.146 e. The van der Waals surface area contributed by atoms with Crippen LogP contribution in [-0.4, -0.2) is 15.0 Å². The van der Waals surface area contributed by atoms with Gasteiger partial charge in [0.2, 0.25) is 0 Å². The molecule has 0 unspecified atom stereocenters. The van der Waals surface area contributed by atoms with Crippen molar-refractivity contribution in [2.45, 2.75) is 0 Å². The van der Waals surface area contributed by atoms with E-state index in [-0.39, 0.29) is 5.82 Å². The first-order chi connectivity index (χ1) is 8.75. The predicted octanol–water partition coefficient (Wildman–Crippen LogP) is 2.93. The molecule has 1 aromatic carbocycles. The quantitative estimate of drug-likeness (QED) is 0.727. The molecule has 0 radical (unpaired) electrons. The molecule has 2 aromatic heterocycles. The molecule has 0 aliphatic heterocycles. The SMILES string of the molecule is Nc1ncnc(-c2ccc3ncccc3c2)c1Cl. The summed E-state index contributed by atoms with van der Waals surface area (Å²) in [7, 11) is 0. The van der Waals surface area contributed by atoms with Gasteiger partial charge < -0.3 is 5.73 Å². The molecule has 0 aliphatic rings. The Morgan fingerprint density at radius 3 is 2.83 bits per heavy atom. The van der Waals surface area contributed by atoms with Crippen LogP contribution in [0, 0.1) is 0 Å². The van der Waals surface area contributed by atoms with E-state index < -0.39 is 0 Å². The first-order valence-corrected chi connectivity index (χ1v) is 5.74. The summed E-state index contributed by atoms with van der Waals surface area (Å²) in [6.07, 6.45) is 3.17. The number of fused-ring (bicyclic) bond motifs is 1. The van der Waals surface area contributed by atoms with E-state index in [1.807, 2.05) is 30.3 Å². The standard InChI is InChI=1S/C13H9ClN4/c14-11-12(17-7-18-13(11)15)9-3-4-10-8(6-9)2-1-5-16-10/h1-7H,(H2,15,17,18). The van der Waals surface area contributed by atoms with Crippen LogP contribution in [0.25, 0.3) is 22.2 Å². The first kappa shape index (κ1) is 10.9. The van der Waals surface area contributed by atoms with Gasteiger partial charge in [0, 0.05) is 17.1 Å². The fourth-order valence-corrected chi connectivity index (χ4v) is 2.01. The number of hydrogen-bond acceptors (Lipinski definition) is 4. The molecule has 0 bridgehead atoms. The zero-order valence-corrected chi connectivity index (χ0v) is 10.1. The summed E-state index contributed by atoms with van der Waals surface area (Å²) in [5.74, 6) is 0.285. The van der Waals surface area contributed by atoms with Crippen molar-refractivity contribution in [1.29, 1.82) is 0 Å². The molecule has 3 rings (SSSR count). The maximum absolute atomic E-state index is 6.11. The number of rotatable bonds is 1. The Hall–Kier alpha value is -2.20. The van der Waals surface area contributed by atoms with Gasteiger partial charge in [-0.2, -0.15) is 0 Å². The Bertz CT molecular complexity index is 727. The molecule has 0 aliphatic carbocycles. The van der Waals surface area contributed by atoms with E-state index in [0.29, 0.717) is 10.7 Å². The second kappa shape index (κ2) is 4.23. The molecule has 2 N–H and O–H groups in total. The molecular weight excluding hydrogens is 248 g/mol. The second-order valence-electron chi connectivity index (χ2n) is 3.83. The van der Waals surface area contributed by atoms with Gasteiger partial charge in [0.05, 0.1) is 11.2 Å². The summed E-state index contributed by atoms with van der Waals surface area (Å²) in [5.41, 5.74) is 8.14. The minimum atomic E-state index is 0.285. The Kier molecular flexibility index (Phi) is 2.57. The number of hydrogen-bond donors (Lipinski definition) is 1. The van der Waals surface area contributed by atoms with Crippen molar-refractivity contribution in [3.8, 4) is 11.3 Å². The highest BCUT2D eigenvalue weighted by Crippen LogP contribution is 2.30. The van der Waals surface area contributed by atoms with Crippen LogP contribution in [0.1, 0.15) is 0 Å². The van der Waals surface area contributed by atoms with Crippen LogP contribution in [0.15, 0.2) is 42.9 Å². The Morgan fingerprint density at radius 2 is 1.94 bits per heavy atom. The maximum atomic E-state index is 6.11. The highest BCUT2D eigenvalue weighted by molar-refractivity contribution is 6.35. The van der Waals surface area contributed by atoms with Gasteiger partial charge >= 0.3 is 0 Å². The minimum Gasteiger partial charge on any atom is -0.382 e. The molecule has 0 amide bonds. The van der Waals surface area contributed by atoms with E-state index in [9.17, 15) is 0 Å². The van der Waals surface area contributed by atoms with Gasteiger partial charge in [-0.3, -0.25) is 4.98 Å². The summed E-state index contributed by atoms with van der Waals surface area (Å²) < 4.78 is 0. The van der Waals surface area contributed by atoms with Gasteiger partial charge in [0.25, 0.3) is 0 Å². The van der Waals surface area contributed by atoms with Gasteiger partial charge in [0.1, 0.15) is 17.2 Å². The van der Waals surface area contributed by atoms with E-state index >= 15 is 0 Å². The van der Waals surface area contributed by atoms with E-state index in [0.717, 1.165) is 16.5 Å². The van der Waals surface area contributed by atoms with Crippen LogP contribution in [0.3, 0.4) is 0 Å². The van der Waals surface area contributed by atoms with Crippen molar-refractivity contribution in [2.24, 2.45) is 0 Å². The topological polar surface area (TPSA) is 64.7 Å². The van der Waals surface area contributed by atoms with Crippen molar-refractivity contribution in [1.82, 2.24) is 15.0 Å². The predicted molar refractivity (Wildman–Crippen MR) is 72.2 cm³/mol. The summed E-state index contributed by atoms with van der Waals surface area (Å²) in [6.45, 7) is 0. The van der Waals surface area contributed by atoms with Crippen LogP contribution < -0.4 is 5.73 Å². The third-order valence-corrected chi connectivity index (χ3v) is 3.07. The average molecular weight is 257 g/mol. The summed E-state index contributed by atoms with van der Waals surface area (Å²) in [5, 5.41) is 1.41. The number of nitrogens with zero attached hydrogens (tertiary/aromatic N) is 3. The average Bonchev–Trinajstić information content (AvgIpc) is 2.41. The summed E-state index contributed by atoms with van der Waals surface area (Å²) >= 11 is 6.11. The Labute approximate surface area is 108 Å². The lowest BCUT2D eigenvalue weighted by Crippen LogP contribution is -1.95. The molecule has 4 nitrogen and oxygen atoms in total.